The summed E-state index contributed by atoms with van der Waals surface area (Å²) in [5.74, 6) is 0. The fraction of sp³-hybridized carbons (Fsp3) is 0.0159. The Kier molecular flexibility index (Phi) is 10.5. The second-order valence-electron chi connectivity index (χ2n) is 16.9. The van der Waals surface area contributed by atoms with Crippen LogP contribution < -0.4 is 5.32 Å². The SMILES string of the molecule is C1=C(c2ccccc2)NC(c2cccc(-c3c(-c4ccccc4)c(-c4ccccc4)nc(-c4ccccc4)c3-c3ccccc3)c2)N=C1c1ccc(-c2cccc3c2sc2ccccc23)cc1. The zero-order valence-electron chi connectivity index (χ0n) is 36.6. The molecule has 12 rings (SSSR count). The van der Waals surface area contributed by atoms with Crippen molar-refractivity contribution in [1.82, 2.24) is 10.3 Å². The maximum Gasteiger partial charge on any atom is 0.145 e. The fourth-order valence-corrected chi connectivity index (χ4v) is 10.8. The number of allylic oxidation sites excluding steroid dienone is 1. The van der Waals surface area contributed by atoms with E-state index in [4.69, 9.17) is 9.98 Å². The summed E-state index contributed by atoms with van der Waals surface area (Å²) >= 11 is 1.86. The van der Waals surface area contributed by atoms with E-state index in [0.29, 0.717) is 0 Å². The molecule has 4 heteroatoms. The van der Waals surface area contributed by atoms with E-state index in [1.807, 2.05) is 11.3 Å². The molecule has 1 aliphatic heterocycles. The van der Waals surface area contributed by atoms with Gasteiger partial charge in [0.25, 0.3) is 0 Å². The van der Waals surface area contributed by atoms with Crippen LogP contribution in [0.1, 0.15) is 22.9 Å². The number of rotatable bonds is 9. The van der Waals surface area contributed by atoms with Crippen molar-refractivity contribution in [3.05, 3.63) is 265 Å². The van der Waals surface area contributed by atoms with Crippen LogP contribution in [0.15, 0.2) is 254 Å². The maximum absolute atomic E-state index is 5.66. The predicted molar refractivity (Wildman–Crippen MR) is 283 cm³/mol. The first-order valence-electron chi connectivity index (χ1n) is 22.8. The van der Waals surface area contributed by atoms with Crippen LogP contribution in [-0.2, 0) is 0 Å². The highest BCUT2D eigenvalue weighted by atomic mass is 32.1. The van der Waals surface area contributed by atoms with Gasteiger partial charge in [-0.15, -0.1) is 11.3 Å². The average molecular weight is 874 g/mol. The number of pyridine rings is 1. The number of thiophene rings is 1. The normalized spacial score (nSPS) is 13.5. The van der Waals surface area contributed by atoms with Crippen molar-refractivity contribution in [3.63, 3.8) is 0 Å². The molecule has 0 bridgehead atoms. The Morgan fingerprint density at radius 2 is 0.866 bits per heavy atom. The molecular weight excluding hydrogens is 831 g/mol. The predicted octanol–water partition coefficient (Wildman–Crippen LogP) is 16.6. The van der Waals surface area contributed by atoms with Gasteiger partial charge in [-0.1, -0.05) is 231 Å². The number of nitrogens with one attached hydrogen (secondary N) is 1. The largest absolute Gasteiger partial charge is 0.360 e. The van der Waals surface area contributed by atoms with Crippen LogP contribution in [0.2, 0.25) is 0 Å². The first-order chi connectivity index (χ1) is 33.2. The summed E-state index contributed by atoms with van der Waals surface area (Å²) in [5, 5.41) is 6.48. The smallest absolute Gasteiger partial charge is 0.145 e. The minimum atomic E-state index is -0.369. The summed E-state index contributed by atoms with van der Waals surface area (Å²) in [5.41, 5.74) is 18.2. The molecule has 316 valence electrons. The number of benzene rings is 9. The molecule has 11 aromatic rings. The van der Waals surface area contributed by atoms with E-state index in [0.717, 1.165) is 84.0 Å². The maximum atomic E-state index is 5.66. The zero-order valence-corrected chi connectivity index (χ0v) is 37.4. The molecule has 3 heterocycles. The van der Waals surface area contributed by atoms with Crippen LogP contribution in [0, 0.1) is 0 Å². The third kappa shape index (κ3) is 7.63. The highest BCUT2D eigenvalue weighted by Gasteiger charge is 2.27. The van der Waals surface area contributed by atoms with Gasteiger partial charge in [0.15, 0.2) is 0 Å². The van der Waals surface area contributed by atoms with Gasteiger partial charge in [0.05, 0.1) is 17.1 Å². The van der Waals surface area contributed by atoms with E-state index in [9.17, 15) is 0 Å². The Morgan fingerprint density at radius 3 is 1.48 bits per heavy atom. The highest BCUT2D eigenvalue weighted by Crippen LogP contribution is 2.49. The Bertz CT molecular complexity index is 3520. The minimum Gasteiger partial charge on any atom is -0.360 e. The Balaban J connectivity index is 1.03. The van der Waals surface area contributed by atoms with Crippen LogP contribution in [0.25, 0.3) is 92.9 Å². The van der Waals surface area contributed by atoms with Gasteiger partial charge in [-0.3, -0.25) is 4.99 Å². The van der Waals surface area contributed by atoms with Crippen molar-refractivity contribution < 1.29 is 0 Å². The first-order valence-corrected chi connectivity index (χ1v) is 23.6. The summed E-state index contributed by atoms with van der Waals surface area (Å²) in [7, 11) is 0. The van der Waals surface area contributed by atoms with Gasteiger partial charge in [0.1, 0.15) is 6.17 Å². The van der Waals surface area contributed by atoms with Gasteiger partial charge in [-0.05, 0) is 62.7 Å². The monoisotopic (exact) mass is 873 g/mol. The molecule has 0 aliphatic carbocycles. The summed E-state index contributed by atoms with van der Waals surface area (Å²) in [6, 6.07) is 86.5. The fourth-order valence-electron chi connectivity index (χ4n) is 9.55. The van der Waals surface area contributed by atoms with E-state index in [2.05, 4.69) is 254 Å². The molecule has 1 aliphatic rings. The molecule has 0 saturated heterocycles. The molecule has 0 radical (unpaired) electrons. The van der Waals surface area contributed by atoms with Crippen molar-refractivity contribution in [2.75, 3.05) is 0 Å². The van der Waals surface area contributed by atoms with E-state index < -0.39 is 0 Å². The lowest BCUT2D eigenvalue weighted by Crippen LogP contribution is -2.24. The molecule has 9 aromatic carbocycles. The lowest BCUT2D eigenvalue weighted by atomic mass is 9.83. The standard InChI is InChI=1S/C63H43N3S/c1-6-20-43(21-7-1)54-41-55(44-38-36-42(37-39-44)51-33-19-34-53-52-32-16-17-35-56(52)67-62(51)53)65-63(64-54)50-31-18-30-49(40-50)57-58(45-22-8-2-9-23-45)60(47-26-12-4-13-27-47)66-61(48-28-14-5-15-29-48)59(57)46-24-10-3-11-25-46/h1-41,63-64H. The first kappa shape index (κ1) is 40.1. The third-order valence-electron chi connectivity index (χ3n) is 12.7. The molecule has 1 atom stereocenters. The Morgan fingerprint density at radius 1 is 0.373 bits per heavy atom. The number of aromatic nitrogens is 1. The molecule has 0 saturated carbocycles. The number of aliphatic imine (C=N–C) groups is 1. The summed E-state index contributed by atoms with van der Waals surface area (Å²) in [4.78, 5) is 11.2. The van der Waals surface area contributed by atoms with Gasteiger partial charge in [-0.25, -0.2) is 4.98 Å². The van der Waals surface area contributed by atoms with Crippen LogP contribution >= 0.6 is 11.3 Å². The zero-order chi connectivity index (χ0) is 44.5. The number of hydrogen-bond acceptors (Lipinski definition) is 4. The quantitative estimate of drug-likeness (QED) is 0.157. The van der Waals surface area contributed by atoms with Gasteiger partial charge >= 0.3 is 0 Å². The van der Waals surface area contributed by atoms with E-state index in [1.165, 1.54) is 31.3 Å². The number of hydrogen-bond donors (Lipinski definition) is 1. The third-order valence-corrected chi connectivity index (χ3v) is 13.9. The van der Waals surface area contributed by atoms with Crippen molar-refractivity contribution in [2.45, 2.75) is 6.17 Å². The second kappa shape index (κ2) is 17.5. The molecule has 3 nitrogen and oxygen atoms in total. The van der Waals surface area contributed by atoms with Gasteiger partial charge in [-0.2, -0.15) is 0 Å². The van der Waals surface area contributed by atoms with E-state index in [-0.39, 0.29) is 6.17 Å². The molecule has 0 amide bonds. The molecule has 0 spiro atoms. The van der Waals surface area contributed by atoms with Crippen LogP contribution in [-0.4, -0.2) is 10.7 Å². The molecule has 2 aromatic heterocycles. The second-order valence-corrected chi connectivity index (χ2v) is 17.9. The molecular formula is C63H43N3S. The lowest BCUT2D eigenvalue weighted by Gasteiger charge is -2.26. The van der Waals surface area contributed by atoms with E-state index >= 15 is 0 Å². The molecule has 1 unspecified atom stereocenters. The molecule has 0 fully saturated rings. The Labute approximate surface area is 394 Å². The summed E-state index contributed by atoms with van der Waals surface area (Å²) < 4.78 is 2.62. The van der Waals surface area contributed by atoms with Gasteiger partial charge in [0, 0.05) is 53.7 Å². The summed E-state index contributed by atoms with van der Waals surface area (Å²) in [6.45, 7) is 0. The van der Waals surface area contributed by atoms with Crippen LogP contribution in [0.4, 0.5) is 0 Å². The minimum absolute atomic E-state index is 0.369. The van der Waals surface area contributed by atoms with Crippen molar-refractivity contribution in [1.29, 1.82) is 0 Å². The van der Waals surface area contributed by atoms with Crippen LogP contribution in [0.3, 0.4) is 0 Å². The number of nitrogens with zero attached hydrogens (tertiary/aromatic N) is 2. The van der Waals surface area contributed by atoms with E-state index in [1.54, 1.807) is 0 Å². The Hall–Kier alpha value is -8.44. The van der Waals surface area contributed by atoms with Crippen LogP contribution in [0.5, 0.6) is 0 Å². The average Bonchev–Trinajstić information content (AvgIpc) is 3.81. The lowest BCUT2D eigenvalue weighted by molar-refractivity contribution is 0.664. The van der Waals surface area contributed by atoms with Gasteiger partial charge < -0.3 is 5.32 Å². The van der Waals surface area contributed by atoms with Crippen molar-refractivity contribution in [2.24, 2.45) is 4.99 Å². The molecule has 1 N–H and O–H groups in total. The highest BCUT2D eigenvalue weighted by molar-refractivity contribution is 7.26. The summed E-state index contributed by atoms with van der Waals surface area (Å²) in [6.07, 6.45) is 1.83. The molecule has 67 heavy (non-hydrogen) atoms. The van der Waals surface area contributed by atoms with Crippen molar-refractivity contribution >= 4 is 42.9 Å². The van der Waals surface area contributed by atoms with Crippen molar-refractivity contribution in [3.8, 4) is 67.0 Å². The van der Waals surface area contributed by atoms with Gasteiger partial charge in [0.2, 0.25) is 0 Å². The number of fused-ring (bicyclic) bond motifs is 3. The topological polar surface area (TPSA) is 37.3 Å².